The van der Waals surface area contributed by atoms with E-state index in [4.69, 9.17) is 22.8 Å². The van der Waals surface area contributed by atoms with Crippen LogP contribution in [0.3, 0.4) is 0 Å². The quantitative estimate of drug-likeness (QED) is 0.0634. The Bertz CT molecular complexity index is 694. The Kier molecular flexibility index (Phi) is 19.6. The van der Waals surface area contributed by atoms with E-state index in [0.29, 0.717) is 17.1 Å². The van der Waals surface area contributed by atoms with Crippen LogP contribution in [0.4, 0.5) is 0 Å². The lowest BCUT2D eigenvalue weighted by Gasteiger charge is -2.24. The molecule has 200 valence electrons. The fourth-order valence-corrected chi connectivity index (χ4v) is 6.08. The number of esters is 2. The molecule has 0 N–H and O–H groups in total. The lowest BCUT2D eigenvalue weighted by molar-refractivity contribution is -0.138. The summed E-state index contributed by atoms with van der Waals surface area (Å²) in [5.41, 5.74) is 0.798. The van der Waals surface area contributed by atoms with Crippen LogP contribution in [0, 0.1) is 5.92 Å². The molecule has 35 heavy (non-hydrogen) atoms. The first-order valence-corrected chi connectivity index (χ1v) is 15.0. The maximum absolute atomic E-state index is 11.5. The van der Waals surface area contributed by atoms with Crippen molar-refractivity contribution < 1.29 is 32.3 Å². The molecular formula is C26H44O7SSi. The van der Waals surface area contributed by atoms with Gasteiger partial charge < -0.3 is 22.8 Å². The molecule has 0 aliphatic rings. The van der Waals surface area contributed by atoms with Crippen molar-refractivity contribution in [3.05, 3.63) is 48.6 Å². The monoisotopic (exact) mass is 528 g/mol. The number of hydrogen-bond donors (Lipinski definition) is 0. The van der Waals surface area contributed by atoms with Gasteiger partial charge in [0.05, 0.1) is 0 Å². The van der Waals surface area contributed by atoms with Crippen LogP contribution in [0.15, 0.2) is 48.6 Å². The number of carbonyl (C=O) groups excluding carboxylic acids is 2. The summed E-state index contributed by atoms with van der Waals surface area (Å²) < 4.78 is 26.6. The largest absolute Gasteiger partial charge is 0.500 e. The van der Waals surface area contributed by atoms with E-state index in [1.807, 2.05) is 23.9 Å². The van der Waals surface area contributed by atoms with Crippen molar-refractivity contribution in [3.8, 4) is 0 Å². The van der Waals surface area contributed by atoms with Gasteiger partial charge in [0.15, 0.2) is 0 Å². The molecule has 0 saturated carbocycles. The minimum absolute atomic E-state index is 0.255. The Labute approximate surface area is 217 Å². The number of thioether (sulfide) groups is 1. The molecule has 9 heteroatoms. The van der Waals surface area contributed by atoms with Gasteiger partial charge in [-0.15, -0.1) is 0 Å². The second kappa shape index (κ2) is 20.5. The van der Waals surface area contributed by atoms with Gasteiger partial charge in [0.25, 0.3) is 0 Å². The Morgan fingerprint density at radius 1 is 0.829 bits per heavy atom. The van der Waals surface area contributed by atoms with Crippen LogP contribution < -0.4 is 0 Å². The van der Waals surface area contributed by atoms with Crippen LogP contribution >= 0.6 is 11.8 Å². The van der Waals surface area contributed by atoms with Crippen molar-refractivity contribution in [2.45, 2.75) is 52.0 Å². The molecule has 0 aliphatic heterocycles. The van der Waals surface area contributed by atoms with Crippen molar-refractivity contribution in [2.75, 3.05) is 46.0 Å². The number of carbonyl (C=O) groups is 2. The number of hydrogen-bond acceptors (Lipinski definition) is 8. The van der Waals surface area contributed by atoms with Crippen molar-refractivity contribution in [1.82, 2.24) is 0 Å². The summed E-state index contributed by atoms with van der Waals surface area (Å²) >= 11 is 1.93. The van der Waals surface area contributed by atoms with E-state index in [2.05, 4.69) is 25.3 Å². The fraction of sp³-hybridized carbons (Fsp3) is 0.615. The molecule has 0 rings (SSSR count). The Hall–Kier alpha value is -1.65. The van der Waals surface area contributed by atoms with Crippen molar-refractivity contribution in [2.24, 2.45) is 5.92 Å². The summed E-state index contributed by atoms with van der Waals surface area (Å²) in [4.78, 5) is 22.9. The maximum atomic E-state index is 11.5. The summed E-state index contributed by atoms with van der Waals surface area (Å²) in [6, 6.07) is 0.805. The molecule has 1 unspecified atom stereocenters. The van der Waals surface area contributed by atoms with Gasteiger partial charge in [-0.1, -0.05) is 37.5 Å². The second-order valence-electron chi connectivity index (χ2n) is 8.18. The first-order valence-electron chi connectivity index (χ1n) is 11.9. The highest BCUT2D eigenvalue weighted by atomic mass is 32.2. The molecule has 0 heterocycles. The van der Waals surface area contributed by atoms with E-state index >= 15 is 0 Å². The molecule has 7 nitrogen and oxygen atoms in total. The molecule has 1 atom stereocenters. The third-order valence-electron chi connectivity index (χ3n) is 5.24. The number of rotatable bonds is 21. The molecule has 0 aromatic carbocycles. The fourth-order valence-electron chi connectivity index (χ4n) is 3.05. The highest BCUT2D eigenvalue weighted by Gasteiger charge is 2.36. The van der Waals surface area contributed by atoms with Gasteiger partial charge in [0, 0.05) is 38.5 Å². The lowest BCUT2D eigenvalue weighted by Crippen LogP contribution is -2.42. The summed E-state index contributed by atoms with van der Waals surface area (Å²) in [5, 5.41) is 0. The minimum atomic E-state index is -2.49. The third kappa shape index (κ3) is 16.6. The van der Waals surface area contributed by atoms with E-state index < -0.39 is 8.80 Å². The first-order chi connectivity index (χ1) is 16.7. The summed E-state index contributed by atoms with van der Waals surface area (Å²) in [7, 11) is 2.44. The highest BCUT2D eigenvalue weighted by molar-refractivity contribution is 7.99. The first kappa shape index (κ1) is 33.3. The molecule has 0 aliphatic carbocycles. The average molecular weight is 529 g/mol. The van der Waals surface area contributed by atoms with Crippen LogP contribution in [0.2, 0.25) is 6.04 Å². The maximum Gasteiger partial charge on any atom is 0.500 e. The van der Waals surface area contributed by atoms with Gasteiger partial charge in [-0.2, -0.15) is 11.8 Å². The van der Waals surface area contributed by atoms with Gasteiger partial charge in [-0.25, -0.2) is 9.59 Å². The molecule has 0 amide bonds. The van der Waals surface area contributed by atoms with Crippen molar-refractivity contribution in [1.29, 1.82) is 0 Å². The van der Waals surface area contributed by atoms with E-state index in [0.717, 1.165) is 49.7 Å². The van der Waals surface area contributed by atoms with Gasteiger partial charge in [-0.3, -0.25) is 0 Å². The number of allylic oxidation sites excluding steroid dienone is 2. The third-order valence-corrected chi connectivity index (χ3v) is 9.17. The normalized spacial score (nSPS) is 12.7. The smallest absolute Gasteiger partial charge is 0.458 e. The van der Waals surface area contributed by atoms with Gasteiger partial charge in [0.1, 0.15) is 13.2 Å². The van der Waals surface area contributed by atoms with Crippen LogP contribution in [0.25, 0.3) is 0 Å². The molecular weight excluding hydrogens is 484 g/mol. The molecule has 0 aromatic heterocycles. The summed E-state index contributed by atoms with van der Waals surface area (Å²) in [5.74, 6) is 1.85. The molecule has 0 fully saturated rings. The minimum Gasteiger partial charge on any atom is -0.458 e. The van der Waals surface area contributed by atoms with E-state index in [1.54, 1.807) is 35.2 Å². The predicted molar refractivity (Wildman–Crippen MR) is 145 cm³/mol. The zero-order valence-electron chi connectivity index (χ0n) is 22.1. The topological polar surface area (TPSA) is 80.3 Å². The van der Waals surface area contributed by atoms with Gasteiger partial charge >= 0.3 is 20.7 Å². The number of ether oxygens (including phenoxy) is 2. The summed E-state index contributed by atoms with van der Waals surface area (Å²) in [6.07, 6.45) is 12.8. The van der Waals surface area contributed by atoms with Gasteiger partial charge in [0.2, 0.25) is 0 Å². The molecule has 0 saturated heterocycles. The zero-order valence-corrected chi connectivity index (χ0v) is 24.0. The van der Waals surface area contributed by atoms with Crippen molar-refractivity contribution in [3.63, 3.8) is 0 Å². The Morgan fingerprint density at radius 3 is 1.89 bits per heavy atom. The molecule has 0 spiro atoms. The van der Waals surface area contributed by atoms with Crippen LogP contribution in [-0.4, -0.2) is 66.8 Å². The molecule has 0 aromatic rings. The SMILES string of the molecule is C=C(C)C(=O)OCC=CCCC(CC=CCOC(=O)C(=C)C)CCSCCC[Si](OC)(OC)OC. The average Bonchev–Trinajstić information content (AvgIpc) is 2.84. The van der Waals surface area contributed by atoms with Gasteiger partial charge in [-0.05, 0) is 63.4 Å². The Balaban J connectivity index is 4.48. The zero-order chi connectivity index (χ0) is 26.5. The molecule has 0 bridgehead atoms. The van der Waals surface area contributed by atoms with Crippen molar-refractivity contribution >= 4 is 32.5 Å². The summed E-state index contributed by atoms with van der Waals surface area (Å²) in [6.45, 7) is 10.9. The van der Waals surface area contributed by atoms with E-state index in [-0.39, 0.29) is 25.2 Å². The lowest BCUT2D eigenvalue weighted by atomic mass is 9.96. The van der Waals surface area contributed by atoms with Crippen LogP contribution in [0.5, 0.6) is 0 Å². The predicted octanol–water partition coefficient (Wildman–Crippen LogP) is 5.52. The highest BCUT2D eigenvalue weighted by Crippen LogP contribution is 2.22. The molecule has 0 radical (unpaired) electrons. The van der Waals surface area contributed by atoms with E-state index in [1.165, 1.54) is 0 Å². The standard InChI is InChI=1S/C26H44O7SSi/c1-22(2)25(27)32-17-11-8-9-14-24(15-10-12-18-33-26(28)23(3)4)16-20-34-19-13-21-35(29-5,30-6)31-7/h8,10-12,24H,1,3,9,13-21H2,2,4-7H3. The van der Waals surface area contributed by atoms with Crippen LogP contribution in [0.1, 0.15) is 46.0 Å². The Morgan fingerprint density at radius 2 is 1.37 bits per heavy atom. The second-order valence-corrected chi connectivity index (χ2v) is 12.5. The van der Waals surface area contributed by atoms with Crippen LogP contribution in [-0.2, 0) is 32.3 Å². The van der Waals surface area contributed by atoms with E-state index in [9.17, 15) is 9.59 Å².